The number of hydrogen-bond acceptors (Lipinski definition) is 4. The molecule has 3 aliphatic rings. The molecule has 1 aromatic rings. The fraction of sp³-hybridized carbons (Fsp3) is 0.565. The molecule has 4 rings (SSSR count). The van der Waals surface area contributed by atoms with Crippen molar-refractivity contribution in [2.45, 2.75) is 46.2 Å². The van der Waals surface area contributed by atoms with E-state index in [-0.39, 0.29) is 11.9 Å². The van der Waals surface area contributed by atoms with E-state index in [9.17, 15) is 9.59 Å². The van der Waals surface area contributed by atoms with Crippen LogP contribution in [0.1, 0.15) is 36.5 Å². The molecule has 0 radical (unpaired) electrons. The van der Waals surface area contributed by atoms with Crippen molar-refractivity contribution >= 4 is 23.6 Å². The number of nitrogens with zero attached hydrogens (tertiary/aromatic N) is 5. The summed E-state index contributed by atoms with van der Waals surface area (Å²) in [6.45, 7) is 9.86. The van der Waals surface area contributed by atoms with E-state index in [1.54, 1.807) is 14.1 Å². The van der Waals surface area contributed by atoms with Crippen molar-refractivity contribution in [2.75, 3.05) is 33.7 Å². The zero-order chi connectivity index (χ0) is 21.6. The van der Waals surface area contributed by atoms with Crippen LogP contribution in [0.2, 0.25) is 0 Å². The van der Waals surface area contributed by atoms with Gasteiger partial charge in [0.05, 0.1) is 0 Å². The van der Waals surface area contributed by atoms with Crippen LogP contribution in [0.5, 0.6) is 0 Å². The number of carbonyl (C=O) groups excluding carboxylic acids is 2. The summed E-state index contributed by atoms with van der Waals surface area (Å²) in [5.41, 5.74) is 3.58. The molecule has 0 aromatic heterocycles. The normalized spacial score (nSPS) is 25.2. The summed E-state index contributed by atoms with van der Waals surface area (Å²) in [5, 5.41) is 0. The zero-order valence-electron chi connectivity index (χ0n) is 18.7. The number of benzene rings is 1. The molecule has 2 saturated heterocycles. The predicted octanol–water partition coefficient (Wildman–Crippen LogP) is 2.25. The van der Waals surface area contributed by atoms with Crippen molar-refractivity contribution in [1.82, 2.24) is 14.7 Å². The second kappa shape index (κ2) is 7.95. The van der Waals surface area contributed by atoms with Crippen LogP contribution >= 0.6 is 0 Å². The van der Waals surface area contributed by atoms with Crippen molar-refractivity contribution < 1.29 is 14.2 Å². The van der Waals surface area contributed by atoms with Crippen molar-refractivity contribution in [3.8, 4) is 0 Å². The lowest BCUT2D eigenvalue weighted by atomic mass is 10.0. The molecule has 0 aliphatic carbocycles. The number of amides is 3. The largest absolute Gasteiger partial charge is 0.333 e. The summed E-state index contributed by atoms with van der Waals surface area (Å²) in [7, 11) is 3.26. The molecule has 0 bridgehead atoms. The van der Waals surface area contributed by atoms with Gasteiger partial charge in [-0.15, -0.1) is 0 Å². The van der Waals surface area contributed by atoms with Crippen LogP contribution < -0.4 is 0 Å². The third-order valence-electron chi connectivity index (χ3n) is 6.56. The van der Waals surface area contributed by atoms with E-state index >= 15 is 0 Å². The molecule has 0 spiro atoms. The van der Waals surface area contributed by atoms with Gasteiger partial charge in [0.15, 0.2) is 0 Å². The molecule has 2 atom stereocenters. The topological polar surface area (TPSA) is 59.2 Å². The van der Waals surface area contributed by atoms with Crippen molar-refractivity contribution in [3.05, 3.63) is 34.9 Å². The number of likely N-dealkylation sites (N-methyl/N-ethyl adjacent to an activating group) is 2. The Morgan fingerprint density at radius 3 is 2.67 bits per heavy atom. The Kier molecular flexibility index (Phi) is 5.49. The van der Waals surface area contributed by atoms with Crippen molar-refractivity contribution in [2.24, 2.45) is 10.9 Å². The first kappa shape index (κ1) is 20.7. The molecular weight excluding hydrogens is 378 g/mol. The Balaban J connectivity index is 1.73. The average Bonchev–Trinajstić information content (AvgIpc) is 3.05. The Hall–Kier alpha value is -2.54. The highest BCUT2D eigenvalue weighted by Crippen LogP contribution is 2.23. The van der Waals surface area contributed by atoms with Crippen LogP contribution in [-0.2, 0) is 11.3 Å². The van der Waals surface area contributed by atoms with Gasteiger partial charge < -0.3 is 0 Å². The molecule has 3 aliphatic heterocycles. The van der Waals surface area contributed by atoms with Gasteiger partial charge in [-0.1, -0.05) is 30.7 Å². The lowest BCUT2D eigenvalue weighted by Gasteiger charge is -2.31. The van der Waals surface area contributed by atoms with Gasteiger partial charge >= 0.3 is 11.9 Å². The van der Waals surface area contributed by atoms with Gasteiger partial charge in [0, 0.05) is 20.6 Å². The lowest BCUT2D eigenvalue weighted by molar-refractivity contribution is -0.552. The minimum absolute atomic E-state index is 0.204. The molecule has 30 heavy (non-hydrogen) atoms. The van der Waals surface area contributed by atoms with E-state index in [0.717, 1.165) is 18.9 Å². The highest BCUT2D eigenvalue weighted by Gasteiger charge is 2.53. The van der Waals surface area contributed by atoms with Crippen LogP contribution in [0.3, 0.4) is 0 Å². The molecule has 7 heteroatoms. The Labute approximate surface area is 178 Å². The molecule has 2 fully saturated rings. The average molecular weight is 411 g/mol. The van der Waals surface area contributed by atoms with Crippen LogP contribution in [-0.4, -0.2) is 82.7 Å². The number of imide groups is 1. The molecule has 0 N–H and O–H groups in total. The van der Waals surface area contributed by atoms with E-state index in [1.165, 1.54) is 39.3 Å². The lowest BCUT2D eigenvalue weighted by Crippen LogP contribution is -2.61. The number of hydrogen-bond donors (Lipinski definition) is 0. The maximum Gasteiger partial charge on any atom is 0.333 e. The van der Waals surface area contributed by atoms with Crippen LogP contribution in [0.15, 0.2) is 23.2 Å². The molecular formula is C23H32N5O2+. The first-order valence-electron chi connectivity index (χ1n) is 10.8. The summed E-state index contributed by atoms with van der Waals surface area (Å²) in [6.07, 6.45) is 2.45. The molecule has 160 valence electrons. The van der Waals surface area contributed by atoms with Gasteiger partial charge in [0.1, 0.15) is 13.1 Å². The zero-order valence-corrected chi connectivity index (χ0v) is 18.7. The van der Waals surface area contributed by atoms with Crippen molar-refractivity contribution in [3.63, 3.8) is 0 Å². The molecule has 2 unspecified atom stereocenters. The molecule has 3 amide bonds. The molecule has 3 heterocycles. The Morgan fingerprint density at radius 2 is 1.93 bits per heavy atom. The quantitative estimate of drug-likeness (QED) is 0.716. The summed E-state index contributed by atoms with van der Waals surface area (Å²) >= 11 is 0. The predicted molar refractivity (Wildman–Crippen MR) is 117 cm³/mol. The summed E-state index contributed by atoms with van der Waals surface area (Å²) in [4.78, 5) is 35.6. The number of fused-ring (bicyclic) bond motifs is 1. The van der Waals surface area contributed by atoms with Gasteiger partial charge in [-0.05, 0) is 55.3 Å². The third kappa shape index (κ3) is 3.67. The van der Waals surface area contributed by atoms with Crippen LogP contribution in [0, 0.1) is 19.8 Å². The van der Waals surface area contributed by atoms with E-state index in [0.29, 0.717) is 24.8 Å². The second-order valence-corrected chi connectivity index (χ2v) is 9.07. The third-order valence-corrected chi connectivity index (χ3v) is 6.56. The number of amidine groups is 2. The number of likely N-dealkylation sites (tertiary alicyclic amines) is 1. The SMILES string of the molecule is Cc1ccc(C)c(C[N+]2=C(CN3CCCC(C)C3)N=C3C2C(=O)N(C)C(=O)N3C)c1. The molecule has 0 saturated carbocycles. The fourth-order valence-electron chi connectivity index (χ4n) is 4.74. The van der Waals surface area contributed by atoms with E-state index in [4.69, 9.17) is 4.99 Å². The first-order valence-corrected chi connectivity index (χ1v) is 10.8. The Morgan fingerprint density at radius 1 is 1.17 bits per heavy atom. The highest BCUT2D eigenvalue weighted by atomic mass is 16.2. The Bertz CT molecular complexity index is 951. The van der Waals surface area contributed by atoms with Gasteiger partial charge in [0.2, 0.25) is 0 Å². The van der Waals surface area contributed by atoms with Gasteiger partial charge in [-0.3, -0.25) is 19.5 Å². The second-order valence-electron chi connectivity index (χ2n) is 9.07. The highest BCUT2D eigenvalue weighted by molar-refractivity contribution is 6.23. The van der Waals surface area contributed by atoms with Crippen LogP contribution in [0.4, 0.5) is 4.79 Å². The number of urea groups is 1. The van der Waals surface area contributed by atoms with Gasteiger partial charge in [-0.25, -0.2) is 9.37 Å². The van der Waals surface area contributed by atoms with Crippen LogP contribution in [0.25, 0.3) is 0 Å². The molecule has 1 aromatic carbocycles. The number of aryl methyl sites for hydroxylation is 2. The van der Waals surface area contributed by atoms with E-state index < -0.39 is 6.04 Å². The smallest absolute Gasteiger partial charge is 0.292 e. The summed E-state index contributed by atoms with van der Waals surface area (Å²) in [5.74, 6) is 1.89. The van der Waals surface area contributed by atoms with E-state index in [2.05, 4.69) is 48.4 Å². The number of carbonyl (C=O) groups is 2. The first-order chi connectivity index (χ1) is 14.3. The van der Waals surface area contributed by atoms with Gasteiger partial charge in [-0.2, -0.15) is 0 Å². The number of rotatable bonds is 4. The van der Waals surface area contributed by atoms with Crippen molar-refractivity contribution in [1.29, 1.82) is 0 Å². The standard InChI is InChI=1S/C23H32N5O2/c1-15-8-9-17(3)18(11-15)13-28-19(14-27-10-6-7-16(2)12-27)24-21-20(28)22(29)26(5)23(30)25(21)4/h8-9,11,16,20H,6-7,10,12-14H2,1-5H3/q+1. The maximum atomic E-state index is 13.1. The van der Waals surface area contributed by atoms with Gasteiger partial charge in [0.25, 0.3) is 17.8 Å². The summed E-state index contributed by atoms with van der Waals surface area (Å²) < 4.78 is 2.11. The monoisotopic (exact) mass is 410 g/mol. The number of piperidine rings is 1. The number of aliphatic imine (C=N–C) groups is 1. The fourth-order valence-corrected chi connectivity index (χ4v) is 4.74. The minimum atomic E-state index is -0.546. The van der Waals surface area contributed by atoms with E-state index in [1.807, 2.05) is 0 Å². The molecule has 7 nitrogen and oxygen atoms in total. The maximum absolute atomic E-state index is 13.1. The minimum Gasteiger partial charge on any atom is -0.292 e. The summed E-state index contributed by atoms with van der Waals surface area (Å²) in [6, 6.07) is 5.54.